The number of ether oxygens (including phenoxy) is 1. The normalized spacial score (nSPS) is 16.1. The summed E-state index contributed by atoms with van der Waals surface area (Å²) in [4.78, 5) is 15.9. The van der Waals surface area contributed by atoms with Crippen LogP contribution >= 0.6 is 0 Å². The molecule has 22 heavy (non-hydrogen) atoms. The van der Waals surface area contributed by atoms with Crippen LogP contribution in [-0.4, -0.2) is 23.2 Å². The van der Waals surface area contributed by atoms with Gasteiger partial charge in [0.1, 0.15) is 11.4 Å². The Morgan fingerprint density at radius 2 is 2.00 bits per heavy atom. The molecule has 0 spiro atoms. The van der Waals surface area contributed by atoms with Crippen LogP contribution in [0.2, 0.25) is 0 Å². The molecule has 0 radical (unpaired) electrons. The molecule has 0 aliphatic heterocycles. The first-order valence-electron chi connectivity index (χ1n) is 8.12. The van der Waals surface area contributed by atoms with Crippen LogP contribution in [-0.2, 0) is 4.74 Å². The van der Waals surface area contributed by atoms with Crippen molar-refractivity contribution in [2.45, 2.75) is 58.5 Å². The molecule has 0 unspecified atom stereocenters. The number of rotatable bonds is 4. The number of carbonyl (C=O) groups is 1. The summed E-state index contributed by atoms with van der Waals surface area (Å²) >= 11 is 0. The molecule has 1 amide bonds. The van der Waals surface area contributed by atoms with Gasteiger partial charge in [0.15, 0.2) is 0 Å². The minimum Gasteiger partial charge on any atom is -0.444 e. The predicted molar refractivity (Wildman–Crippen MR) is 89.2 cm³/mol. The monoisotopic (exact) mass is 305 g/mol. The number of carbonyl (C=O) groups excluding carboxylic acids is 1. The molecule has 1 heterocycles. The first-order chi connectivity index (χ1) is 10.4. The molecule has 1 aromatic heterocycles. The first kappa shape index (κ1) is 16.6. The van der Waals surface area contributed by atoms with Crippen molar-refractivity contribution in [1.82, 2.24) is 4.98 Å². The molecule has 5 heteroatoms. The number of aromatic nitrogens is 1. The Bertz CT molecular complexity index is 474. The smallest absolute Gasteiger partial charge is 0.413 e. The minimum absolute atomic E-state index is 0.483. The van der Waals surface area contributed by atoms with E-state index in [1.807, 2.05) is 26.8 Å². The molecule has 1 aromatic rings. The lowest BCUT2D eigenvalue weighted by Gasteiger charge is -2.22. The van der Waals surface area contributed by atoms with E-state index in [1.54, 1.807) is 12.3 Å². The van der Waals surface area contributed by atoms with Gasteiger partial charge in [-0.25, -0.2) is 9.78 Å². The van der Waals surface area contributed by atoms with Crippen LogP contribution in [0.5, 0.6) is 0 Å². The number of pyridine rings is 1. The Hall–Kier alpha value is -1.78. The number of nitrogens with zero attached hydrogens (tertiary/aromatic N) is 1. The highest BCUT2D eigenvalue weighted by Crippen LogP contribution is 2.24. The Balaban J connectivity index is 1.78. The van der Waals surface area contributed by atoms with E-state index in [1.165, 1.54) is 32.1 Å². The van der Waals surface area contributed by atoms with E-state index < -0.39 is 11.7 Å². The third kappa shape index (κ3) is 5.92. The molecule has 1 aliphatic carbocycles. The Kier molecular flexibility index (Phi) is 5.63. The highest BCUT2D eigenvalue weighted by Gasteiger charge is 2.16. The van der Waals surface area contributed by atoms with E-state index in [4.69, 9.17) is 4.74 Å². The largest absolute Gasteiger partial charge is 0.444 e. The summed E-state index contributed by atoms with van der Waals surface area (Å²) in [6.07, 6.45) is 7.98. The molecule has 0 saturated heterocycles. The number of amides is 1. The third-order valence-corrected chi connectivity index (χ3v) is 3.71. The summed E-state index contributed by atoms with van der Waals surface area (Å²) in [5.41, 5.74) is 0.478. The zero-order valence-electron chi connectivity index (χ0n) is 13.8. The van der Waals surface area contributed by atoms with Crippen LogP contribution in [0.3, 0.4) is 0 Å². The van der Waals surface area contributed by atoms with Gasteiger partial charge in [-0.2, -0.15) is 0 Å². The lowest BCUT2D eigenvalue weighted by atomic mass is 9.89. The molecule has 1 aliphatic rings. The van der Waals surface area contributed by atoms with Gasteiger partial charge in [-0.1, -0.05) is 19.3 Å². The summed E-state index contributed by atoms with van der Waals surface area (Å²) in [6.45, 7) is 6.50. The van der Waals surface area contributed by atoms with Gasteiger partial charge in [0.05, 0.1) is 11.9 Å². The van der Waals surface area contributed by atoms with Gasteiger partial charge >= 0.3 is 6.09 Å². The molecule has 0 atom stereocenters. The first-order valence-corrected chi connectivity index (χ1v) is 8.12. The van der Waals surface area contributed by atoms with E-state index in [2.05, 4.69) is 15.6 Å². The SMILES string of the molecule is CC(C)(C)OC(=O)Nc1ccc(NCC2CCCCC2)cn1. The third-order valence-electron chi connectivity index (χ3n) is 3.71. The van der Waals surface area contributed by atoms with Crippen molar-refractivity contribution < 1.29 is 9.53 Å². The van der Waals surface area contributed by atoms with Gasteiger partial charge in [-0.3, -0.25) is 5.32 Å². The molecule has 0 bridgehead atoms. The van der Waals surface area contributed by atoms with E-state index in [-0.39, 0.29) is 0 Å². The zero-order chi connectivity index (χ0) is 16.0. The standard InChI is InChI=1S/C17H27N3O2/c1-17(2,3)22-16(21)20-15-10-9-14(12-19-15)18-11-13-7-5-4-6-8-13/h9-10,12-13,18H,4-8,11H2,1-3H3,(H,19,20,21). The number of hydrogen-bond acceptors (Lipinski definition) is 4. The highest BCUT2D eigenvalue weighted by atomic mass is 16.6. The van der Waals surface area contributed by atoms with Crippen LogP contribution in [0, 0.1) is 5.92 Å². The molecular weight excluding hydrogens is 278 g/mol. The van der Waals surface area contributed by atoms with Crippen molar-refractivity contribution in [2.24, 2.45) is 5.92 Å². The van der Waals surface area contributed by atoms with Crippen molar-refractivity contribution in [3.05, 3.63) is 18.3 Å². The molecule has 1 saturated carbocycles. The second-order valence-electron chi connectivity index (χ2n) is 6.94. The van der Waals surface area contributed by atoms with Crippen LogP contribution in [0.25, 0.3) is 0 Å². The van der Waals surface area contributed by atoms with Crippen molar-refractivity contribution in [1.29, 1.82) is 0 Å². The summed E-state index contributed by atoms with van der Waals surface area (Å²) in [7, 11) is 0. The summed E-state index contributed by atoms with van der Waals surface area (Å²) < 4.78 is 5.19. The van der Waals surface area contributed by atoms with Gasteiger partial charge in [-0.15, -0.1) is 0 Å². The van der Waals surface area contributed by atoms with Crippen LogP contribution in [0.15, 0.2) is 18.3 Å². The summed E-state index contributed by atoms with van der Waals surface area (Å²) in [5.74, 6) is 1.27. The highest BCUT2D eigenvalue weighted by molar-refractivity contribution is 5.83. The summed E-state index contributed by atoms with van der Waals surface area (Å²) in [5, 5.41) is 6.06. The summed E-state index contributed by atoms with van der Waals surface area (Å²) in [6, 6.07) is 3.72. The second-order valence-corrected chi connectivity index (χ2v) is 6.94. The fourth-order valence-corrected chi connectivity index (χ4v) is 2.63. The molecule has 2 N–H and O–H groups in total. The lowest BCUT2D eigenvalue weighted by molar-refractivity contribution is 0.0635. The van der Waals surface area contributed by atoms with Crippen molar-refractivity contribution in [2.75, 3.05) is 17.2 Å². The maximum absolute atomic E-state index is 11.7. The molecule has 1 fully saturated rings. The Morgan fingerprint density at radius 3 is 2.59 bits per heavy atom. The van der Waals surface area contributed by atoms with E-state index >= 15 is 0 Å². The number of anilines is 2. The maximum Gasteiger partial charge on any atom is 0.413 e. The molecule has 2 rings (SSSR count). The lowest BCUT2D eigenvalue weighted by Crippen LogP contribution is -2.27. The maximum atomic E-state index is 11.7. The average molecular weight is 305 g/mol. The molecular formula is C17H27N3O2. The van der Waals surface area contributed by atoms with Crippen LogP contribution < -0.4 is 10.6 Å². The van der Waals surface area contributed by atoms with Gasteiger partial charge in [0, 0.05) is 6.54 Å². The zero-order valence-corrected chi connectivity index (χ0v) is 13.8. The van der Waals surface area contributed by atoms with Gasteiger partial charge < -0.3 is 10.1 Å². The Morgan fingerprint density at radius 1 is 1.27 bits per heavy atom. The van der Waals surface area contributed by atoms with E-state index in [0.29, 0.717) is 5.82 Å². The molecule has 5 nitrogen and oxygen atoms in total. The number of hydrogen-bond donors (Lipinski definition) is 2. The fraction of sp³-hybridized carbons (Fsp3) is 0.647. The van der Waals surface area contributed by atoms with E-state index in [9.17, 15) is 4.79 Å². The second kappa shape index (κ2) is 7.47. The fourth-order valence-electron chi connectivity index (χ4n) is 2.63. The molecule has 122 valence electrons. The van der Waals surface area contributed by atoms with Gasteiger partial charge in [0.2, 0.25) is 0 Å². The Labute approximate surface area is 132 Å². The van der Waals surface area contributed by atoms with Crippen LogP contribution in [0.1, 0.15) is 52.9 Å². The van der Waals surface area contributed by atoms with Crippen LogP contribution in [0.4, 0.5) is 16.3 Å². The average Bonchev–Trinajstić information content (AvgIpc) is 2.45. The van der Waals surface area contributed by atoms with Crippen molar-refractivity contribution in [3.8, 4) is 0 Å². The predicted octanol–water partition coefficient (Wildman–Crippen LogP) is 4.42. The topological polar surface area (TPSA) is 63.2 Å². The van der Waals surface area contributed by atoms with E-state index in [0.717, 1.165) is 18.2 Å². The number of nitrogens with one attached hydrogen (secondary N) is 2. The quantitative estimate of drug-likeness (QED) is 0.864. The van der Waals surface area contributed by atoms with Crippen molar-refractivity contribution in [3.63, 3.8) is 0 Å². The van der Waals surface area contributed by atoms with Crippen molar-refractivity contribution >= 4 is 17.6 Å². The minimum atomic E-state index is -0.508. The molecule has 0 aromatic carbocycles. The van der Waals surface area contributed by atoms with Gasteiger partial charge in [0.25, 0.3) is 0 Å². The van der Waals surface area contributed by atoms with Gasteiger partial charge in [-0.05, 0) is 51.7 Å².